The van der Waals surface area contributed by atoms with E-state index in [2.05, 4.69) is 21.2 Å². The third-order valence-corrected chi connectivity index (χ3v) is 3.29. The minimum Gasteiger partial charge on any atom is -0.496 e. The first-order valence-electron chi connectivity index (χ1n) is 5.96. The molecule has 0 aliphatic heterocycles. The number of methoxy groups -OCH3 is 1. The first-order valence-corrected chi connectivity index (χ1v) is 6.76. The first-order chi connectivity index (χ1) is 9.19. The lowest BCUT2D eigenvalue weighted by atomic mass is 10.2. The van der Waals surface area contributed by atoms with Gasteiger partial charge in [-0.05, 0) is 35.9 Å². The standard InChI is InChI=1S/C15H15BrFNO.ClH/c1-19-15-7-4-13(16)8-12(15)10-18-9-11-2-5-14(17)6-3-11;/h2-8,18H,9-10H2,1H3;1H. The van der Waals surface area contributed by atoms with Crippen LogP contribution in [-0.4, -0.2) is 7.11 Å². The van der Waals surface area contributed by atoms with Crippen LogP contribution in [0.25, 0.3) is 0 Å². The molecule has 1 N–H and O–H groups in total. The molecule has 0 amide bonds. The van der Waals surface area contributed by atoms with E-state index in [1.807, 2.05) is 18.2 Å². The summed E-state index contributed by atoms with van der Waals surface area (Å²) >= 11 is 3.45. The van der Waals surface area contributed by atoms with Crippen LogP contribution in [0.5, 0.6) is 5.75 Å². The van der Waals surface area contributed by atoms with E-state index in [1.54, 1.807) is 19.2 Å². The maximum absolute atomic E-state index is 12.8. The van der Waals surface area contributed by atoms with Gasteiger partial charge < -0.3 is 10.1 Å². The van der Waals surface area contributed by atoms with Gasteiger partial charge in [-0.25, -0.2) is 4.39 Å². The molecule has 0 aromatic heterocycles. The third kappa shape index (κ3) is 4.78. The number of ether oxygens (including phenoxy) is 1. The summed E-state index contributed by atoms with van der Waals surface area (Å²) in [6.07, 6.45) is 0. The van der Waals surface area contributed by atoms with Gasteiger partial charge in [0.25, 0.3) is 0 Å². The SMILES string of the molecule is COc1ccc(Br)cc1CNCc1ccc(F)cc1.Cl. The Bertz CT molecular complexity index is 548. The van der Waals surface area contributed by atoms with E-state index in [4.69, 9.17) is 4.74 Å². The zero-order valence-corrected chi connectivity index (χ0v) is 13.4. The molecule has 0 bridgehead atoms. The van der Waals surface area contributed by atoms with Crippen molar-refractivity contribution in [2.75, 3.05) is 7.11 Å². The topological polar surface area (TPSA) is 21.3 Å². The molecule has 0 saturated carbocycles. The van der Waals surface area contributed by atoms with Gasteiger partial charge in [-0.15, -0.1) is 12.4 Å². The highest BCUT2D eigenvalue weighted by Crippen LogP contribution is 2.22. The molecule has 2 rings (SSSR count). The Morgan fingerprint density at radius 1 is 1.10 bits per heavy atom. The molecule has 0 saturated heterocycles. The molecule has 0 aliphatic rings. The Hall–Kier alpha value is -1.10. The molecule has 2 nitrogen and oxygen atoms in total. The summed E-state index contributed by atoms with van der Waals surface area (Å²) < 4.78 is 19.1. The van der Waals surface area contributed by atoms with Gasteiger partial charge >= 0.3 is 0 Å². The average Bonchev–Trinajstić information content (AvgIpc) is 2.41. The van der Waals surface area contributed by atoms with Crippen LogP contribution in [0.1, 0.15) is 11.1 Å². The van der Waals surface area contributed by atoms with Crippen molar-refractivity contribution in [2.24, 2.45) is 0 Å². The summed E-state index contributed by atoms with van der Waals surface area (Å²) in [5.41, 5.74) is 2.13. The van der Waals surface area contributed by atoms with Crippen LogP contribution < -0.4 is 10.1 Å². The van der Waals surface area contributed by atoms with Gasteiger partial charge in [-0.2, -0.15) is 0 Å². The molecule has 2 aromatic rings. The maximum Gasteiger partial charge on any atom is 0.123 e. The minimum atomic E-state index is -0.211. The van der Waals surface area contributed by atoms with Crippen molar-refractivity contribution in [3.63, 3.8) is 0 Å². The second kappa shape index (κ2) is 8.25. The highest BCUT2D eigenvalue weighted by atomic mass is 79.9. The number of hydrogen-bond acceptors (Lipinski definition) is 2. The lowest BCUT2D eigenvalue weighted by Crippen LogP contribution is -2.13. The zero-order valence-electron chi connectivity index (χ0n) is 11.0. The Kier molecular flexibility index (Phi) is 6.99. The van der Waals surface area contributed by atoms with Crippen molar-refractivity contribution < 1.29 is 9.13 Å². The van der Waals surface area contributed by atoms with E-state index in [0.29, 0.717) is 13.1 Å². The molecule has 2 aromatic carbocycles. The van der Waals surface area contributed by atoms with Crippen molar-refractivity contribution in [1.82, 2.24) is 5.32 Å². The van der Waals surface area contributed by atoms with Crippen LogP contribution in [0.2, 0.25) is 0 Å². The fourth-order valence-corrected chi connectivity index (χ4v) is 2.24. The van der Waals surface area contributed by atoms with E-state index in [1.165, 1.54) is 12.1 Å². The number of benzene rings is 2. The fourth-order valence-electron chi connectivity index (χ4n) is 1.83. The predicted molar refractivity (Wildman–Crippen MR) is 84.9 cm³/mol. The van der Waals surface area contributed by atoms with Gasteiger partial charge in [0, 0.05) is 23.1 Å². The Balaban J connectivity index is 0.00000200. The van der Waals surface area contributed by atoms with E-state index in [-0.39, 0.29) is 18.2 Å². The molecule has 108 valence electrons. The van der Waals surface area contributed by atoms with Gasteiger partial charge in [0.05, 0.1) is 7.11 Å². The summed E-state index contributed by atoms with van der Waals surface area (Å²) in [5.74, 6) is 0.646. The van der Waals surface area contributed by atoms with Crippen LogP contribution in [0, 0.1) is 5.82 Å². The van der Waals surface area contributed by atoms with Crippen molar-refractivity contribution in [1.29, 1.82) is 0 Å². The van der Waals surface area contributed by atoms with Crippen molar-refractivity contribution >= 4 is 28.3 Å². The lowest BCUT2D eigenvalue weighted by molar-refractivity contribution is 0.407. The first kappa shape index (κ1) is 17.0. The molecule has 0 heterocycles. The molecule has 0 unspecified atom stereocenters. The normalized spacial score (nSPS) is 9.95. The van der Waals surface area contributed by atoms with Crippen molar-refractivity contribution in [3.8, 4) is 5.75 Å². The summed E-state index contributed by atoms with van der Waals surface area (Å²) in [6.45, 7) is 1.38. The van der Waals surface area contributed by atoms with Gasteiger partial charge in [0.2, 0.25) is 0 Å². The molecule has 0 aliphatic carbocycles. The van der Waals surface area contributed by atoms with E-state index in [9.17, 15) is 4.39 Å². The maximum atomic E-state index is 12.8. The summed E-state index contributed by atoms with van der Waals surface area (Å²) in [7, 11) is 1.66. The largest absolute Gasteiger partial charge is 0.496 e. The van der Waals surface area contributed by atoms with Crippen LogP contribution in [-0.2, 0) is 13.1 Å². The number of nitrogens with one attached hydrogen (secondary N) is 1. The Labute approximate surface area is 132 Å². The average molecular weight is 361 g/mol. The van der Waals surface area contributed by atoms with Crippen LogP contribution in [0.15, 0.2) is 46.9 Å². The Morgan fingerprint density at radius 2 is 1.80 bits per heavy atom. The number of halogens is 3. The molecule has 5 heteroatoms. The second-order valence-corrected chi connectivity index (χ2v) is 5.10. The quantitative estimate of drug-likeness (QED) is 0.858. The molecular weight excluding hydrogens is 345 g/mol. The molecule has 0 spiro atoms. The molecule has 0 atom stereocenters. The van der Waals surface area contributed by atoms with Gasteiger partial charge in [-0.1, -0.05) is 28.1 Å². The smallest absolute Gasteiger partial charge is 0.123 e. The molecule has 0 radical (unpaired) electrons. The van der Waals surface area contributed by atoms with Gasteiger partial charge in [-0.3, -0.25) is 0 Å². The van der Waals surface area contributed by atoms with Crippen LogP contribution in [0.3, 0.4) is 0 Å². The third-order valence-electron chi connectivity index (χ3n) is 2.80. The van der Waals surface area contributed by atoms with Crippen LogP contribution in [0.4, 0.5) is 4.39 Å². The second-order valence-electron chi connectivity index (χ2n) is 4.19. The summed E-state index contributed by atoms with van der Waals surface area (Å²) in [6, 6.07) is 12.4. The van der Waals surface area contributed by atoms with Gasteiger partial charge in [0.1, 0.15) is 11.6 Å². The highest BCUT2D eigenvalue weighted by molar-refractivity contribution is 9.10. The predicted octanol–water partition coefficient (Wildman–Crippen LogP) is 4.31. The summed E-state index contributed by atoms with van der Waals surface area (Å²) in [5, 5.41) is 3.32. The highest BCUT2D eigenvalue weighted by Gasteiger charge is 2.03. The van der Waals surface area contributed by atoms with Crippen molar-refractivity contribution in [2.45, 2.75) is 13.1 Å². The Morgan fingerprint density at radius 3 is 2.45 bits per heavy atom. The summed E-state index contributed by atoms with van der Waals surface area (Å²) in [4.78, 5) is 0. The van der Waals surface area contributed by atoms with E-state index in [0.717, 1.165) is 21.3 Å². The monoisotopic (exact) mass is 359 g/mol. The van der Waals surface area contributed by atoms with E-state index < -0.39 is 0 Å². The fraction of sp³-hybridized carbons (Fsp3) is 0.200. The van der Waals surface area contributed by atoms with Crippen LogP contribution >= 0.6 is 28.3 Å². The van der Waals surface area contributed by atoms with Crippen molar-refractivity contribution in [3.05, 3.63) is 63.9 Å². The molecular formula is C15H16BrClFNO. The number of rotatable bonds is 5. The number of hydrogen-bond donors (Lipinski definition) is 1. The molecule has 0 fully saturated rings. The zero-order chi connectivity index (χ0) is 13.7. The van der Waals surface area contributed by atoms with Gasteiger partial charge in [0.15, 0.2) is 0 Å². The van der Waals surface area contributed by atoms with E-state index >= 15 is 0 Å². The lowest BCUT2D eigenvalue weighted by Gasteiger charge is -2.10. The molecule has 20 heavy (non-hydrogen) atoms. The minimum absolute atomic E-state index is 0.